The van der Waals surface area contributed by atoms with Crippen molar-refractivity contribution in [1.82, 2.24) is 14.5 Å². The molecule has 2 aromatic heterocycles. The minimum atomic E-state index is -0.184. The van der Waals surface area contributed by atoms with E-state index in [1.165, 1.54) is 6.07 Å². The zero-order valence-corrected chi connectivity index (χ0v) is 13.4. The van der Waals surface area contributed by atoms with Crippen molar-refractivity contribution in [2.24, 2.45) is 12.1 Å². The molecular weight excluding hydrogens is 290 g/mol. The summed E-state index contributed by atoms with van der Waals surface area (Å²) >= 11 is 0. The molecule has 2 heterocycles. The second-order valence-corrected chi connectivity index (χ2v) is 5.38. The van der Waals surface area contributed by atoms with Crippen LogP contribution in [0.25, 0.3) is 10.9 Å². The molecule has 6 nitrogen and oxygen atoms in total. The molecule has 3 aromatic rings. The van der Waals surface area contributed by atoms with Gasteiger partial charge in [-0.15, -0.1) is 0 Å². The molecule has 0 atom stereocenters. The highest BCUT2D eigenvalue weighted by molar-refractivity contribution is 6.01. The summed E-state index contributed by atoms with van der Waals surface area (Å²) in [5.41, 5.74) is 6.68. The quantitative estimate of drug-likeness (QED) is 0.574. The molecule has 3 rings (SSSR count). The Bertz CT molecular complexity index is 936. The van der Waals surface area contributed by atoms with E-state index >= 15 is 0 Å². The number of rotatable bonds is 4. The summed E-state index contributed by atoms with van der Waals surface area (Å²) in [5.74, 6) is 0.350. The van der Waals surface area contributed by atoms with Crippen LogP contribution in [-0.2, 0) is 13.5 Å². The summed E-state index contributed by atoms with van der Waals surface area (Å²) < 4.78 is 2.13. The van der Waals surface area contributed by atoms with Gasteiger partial charge in [-0.05, 0) is 19.4 Å². The first-order valence-electron chi connectivity index (χ1n) is 7.53. The summed E-state index contributed by atoms with van der Waals surface area (Å²) in [7, 11) is 2.03. The number of aryl methyl sites for hydroxylation is 2. The third-order valence-electron chi connectivity index (χ3n) is 3.97. The van der Waals surface area contributed by atoms with Crippen LogP contribution in [0.3, 0.4) is 0 Å². The minimum Gasteiger partial charge on any atom is -0.347 e. The van der Waals surface area contributed by atoms with E-state index in [4.69, 9.17) is 0 Å². The number of benzene rings is 1. The minimum absolute atomic E-state index is 0.184. The van der Waals surface area contributed by atoms with Crippen LogP contribution in [0.1, 0.15) is 23.9 Å². The molecule has 0 radical (unpaired) electrons. The highest BCUT2D eigenvalue weighted by Gasteiger charge is 2.09. The number of nitrogens with zero attached hydrogens (tertiary/aromatic N) is 3. The van der Waals surface area contributed by atoms with Crippen LogP contribution in [0.4, 0.5) is 5.95 Å². The zero-order valence-electron chi connectivity index (χ0n) is 13.4. The number of aromatic amines is 1. The number of H-pyrrole nitrogens is 1. The second-order valence-electron chi connectivity index (χ2n) is 5.38. The van der Waals surface area contributed by atoms with Crippen molar-refractivity contribution in [1.29, 1.82) is 0 Å². The number of hydrogen-bond donors (Lipinski definition) is 2. The van der Waals surface area contributed by atoms with Crippen molar-refractivity contribution < 1.29 is 0 Å². The third kappa shape index (κ3) is 2.88. The smallest absolute Gasteiger partial charge is 0.252 e. The molecule has 0 spiro atoms. The van der Waals surface area contributed by atoms with E-state index in [0.29, 0.717) is 12.4 Å². The second kappa shape index (κ2) is 6.08. The van der Waals surface area contributed by atoms with Gasteiger partial charge in [-0.25, -0.2) is 10.4 Å². The Kier molecular flexibility index (Phi) is 3.97. The largest absolute Gasteiger partial charge is 0.347 e. The first kappa shape index (κ1) is 15.0. The first-order chi connectivity index (χ1) is 11.1. The van der Waals surface area contributed by atoms with Crippen LogP contribution in [0, 0.1) is 6.92 Å². The van der Waals surface area contributed by atoms with Gasteiger partial charge < -0.3 is 4.57 Å². The van der Waals surface area contributed by atoms with Crippen molar-refractivity contribution in [2.45, 2.75) is 20.3 Å². The lowest BCUT2D eigenvalue weighted by atomic mass is 10.1. The third-order valence-corrected chi connectivity index (χ3v) is 3.97. The van der Waals surface area contributed by atoms with E-state index in [9.17, 15) is 4.79 Å². The maximum atomic E-state index is 11.5. The lowest BCUT2D eigenvalue weighted by Crippen LogP contribution is -2.11. The van der Waals surface area contributed by atoms with E-state index in [0.717, 1.165) is 27.9 Å². The number of nitrogens with one attached hydrogen (secondary N) is 2. The molecule has 0 saturated carbocycles. The monoisotopic (exact) mass is 309 g/mol. The number of hydrogen-bond acceptors (Lipinski definition) is 4. The predicted octanol–water partition coefficient (Wildman–Crippen LogP) is 2.58. The number of anilines is 1. The Balaban J connectivity index is 1.91. The molecule has 0 saturated heterocycles. The van der Waals surface area contributed by atoms with Crippen molar-refractivity contribution in [3.8, 4) is 0 Å². The Morgan fingerprint density at radius 3 is 2.96 bits per heavy atom. The van der Waals surface area contributed by atoms with Gasteiger partial charge in [0.05, 0.1) is 6.21 Å². The average molecular weight is 309 g/mol. The van der Waals surface area contributed by atoms with Crippen LogP contribution >= 0.6 is 0 Å². The van der Waals surface area contributed by atoms with Crippen LogP contribution in [0.15, 0.2) is 40.2 Å². The molecule has 1 aromatic carbocycles. The molecule has 118 valence electrons. The molecule has 0 aliphatic rings. The van der Waals surface area contributed by atoms with Gasteiger partial charge in [-0.2, -0.15) is 5.10 Å². The van der Waals surface area contributed by atoms with E-state index in [-0.39, 0.29) is 5.56 Å². The van der Waals surface area contributed by atoms with Crippen molar-refractivity contribution >= 4 is 23.1 Å². The van der Waals surface area contributed by atoms with E-state index in [1.807, 2.05) is 26.1 Å². The lowest BCUT2D eigenvalue weighted by molar-refractivity contribution is 0.916. The van der Waals surface area contributed by atoms with Gasteiger partial charge in [-0.1, -0.05) is 25.1 Å². The Labute approximate surface area is 133 Å². The summed E-state index contributed by atoms with van der Waals surface area (Å²) in [6.07, 6.45) is 2.46. The molecule has 2 N–H and O–H groups in total. The molecule has 0 aliphatic carbocycles. The fraction of sp³-hybridized carbons (Fsp3) is 0.235. The summed E-state index contributed by atoms with van der Waals surface area (Å²) in [6.45, 7) is 4.01. The Morgan fingerprint density at radius 1 is 1.39 bits per heavy atom. The summed E-state index contributed by atoms with van der Waals surface area (Å²) in [6, 6.07) is 9.67. The lowest BCUT2D eigenvalue weighted by Gasteiger charge is -2.01. The standard InChI is InChI=1S/C17H19N5O/c1-4-12-9-16(23)20-17(19-12)21-18-10-14-11(2)22(3)15-8-6-5-7-13(14)15/h5-10H,4H2,1-3H3,(H2,19,20,21,23)/b18-10-. The molecule has 6 heteroatoms. The Morgan fingerprint density at radius 2 is 2.17 bits per heavy atom. The summed E-state index contributed by atoms with van der Waals surface area (Å²) in [4.78, 5) is 18.5. The SMILES string of the molecule is CCc1cc(=O)[nH]c(N/N=C\c2c(C)n(C)c3ccccc23)n1. The van der Waals surface area contributed by atoms with Crippen LogP contribution in [0.5, 0.6) is 0 Å². The molecule has 0 bridgehead atoms. The maximum Gasteiger partial charge on any atom is 0.252 e. The highest BCUT2D eigenvalue weighted by Crippen LogP contribution is 2.23. The molecule has 0 aliphatic heterocycles. The Hall–Kier alpha value is -2.89. The molecule has 23 heavy (non-hydrogen) atoms. The summed E-state index contributed by atoms with van der Waals surface area (Å²) in [5, 5.41) is 5.37. The topological polar surface area (TPSA) is 75.1 Å². The van der Waals surface area contributed by atoms with Gasteiger partial charge >= 0.3 is 0 Å². The van der Waals surface area contributed by atoms with E-state index in [2.05, 4.69) is 44.1 Å². The zero-order chi connectivity index (χ0) is 16.4. The van der Waals surface area contributed by atoms with Crippen LogP contribution < -0.4 is 11.0 Å². The van der Waals surface area contributed by atoms with Gasteiger partial charge in [-0.3, -0.25) is 9.78 Å². The highest BCUT2D eigenvalue weighted by atomic mass is 16.1. The van der Waals surface area contributed by atoms with E-state index < -0.39 is 0 Å². The normalized spacial score (nSPS) is 11.4. The van der Waals surface area contributed by atoms with Crippen LogP contribution in [0.2, 0.25) is 0 Å². The van der Waals surface area contributed by atoms with Crippen molar-refractivity contribution in [3.63, 3.8) is 0 Å². The van der Waals surface area contributed by atoms with E-state index in [1.54, 1.807) is 6.21 Å². The predicted molar refractivity (Wildman–Crippen MR) is 93.1 cm³/mol. The molecule has 0 fully saturated rings. The fourth-order valence-corrected chi connectivity index (χ4v) is 2.61. The van der Waals surface area contributed by atoms with Gasteiger partial charge in [0.25, 0.3) is 5.56 Å². The number of fused-ring (bicyclic) bond motifs is 1. The van der Waals surface area contributed by atoms with Gasteiger partial charge in [0.2, 0.25) is 5.95 Å². The van der Waals surface area contributed by atoms with Gasteiger partial charge in [0.15, 0.2) is 0 Å². The van der Waals surface area contributed by atoms with Gasteiger partial charge in [0.1, 0.15) is 0 Å². The van der Waals surface area contributed by atoms with Crippen LogP contribution in [-0.4, -0.2) is 20.7 Å². The van der Waals surface area contributed by atoms with Gasteiger partial charge in [0, 0.05) is 41.0 Å². The number of para-hydroxylation sites is 1. The number of aromatic nitrogens is 3. The maximum absolute atomic E-state index is 11.5. The molecular formula is C17H19N5O. The van der Waals surface area contributed by atoms with Crippen molar-refractivity contribution in [2.75, 3.05) is 5.43 Å². The van der Waals surface area contributed by atoms with Crippen molar-refractivity contribution in [3.05, 3.63) is 57.6 Å². The first-order valence-corrected chi connectivity index (χ1v) is 7.53. The fourth-order valence-electron chi connectivity index (χ4n) is 2.61. The molecule has 0 unspecified atom stereocenters. The molecule has 0 amide bonds. The average Bonchev–Trinajstić information content (AvgIpc) is 2.79. The number of hydrazone groups is 1.